The summed E-state index contributed by atoms with van der Waals surface area (Å²) in [5, 5.41) is 32.2. The Morgan fingerprint density at radius 2 is 2.12 bits per heavy atom. The molecule has 1 aromatic rings. The van der Waals surface area contributed by atoms with Crippen LogP contribution in [-0.2, 0) is 0 Å². The van der Waals surface area contributed by atoms with E-state index in [2.05, 4.69) is 10.5 Å². The molecule has 1 aromatic carbocycles. The second-order valence-electron chi connectivity index (χ2n) is 3.39. The predicted octanol–water partition coefficient (Wildman–Crippen LogP) is -0.0375. The average Bonchev–Trinajstić information content (AvgIpc) is 2.31. The number of para-hydroxylation sites is 1. The van der Waals surface area contributed by atoms with Crippen LogP contribution in [0.25, 0.3) is 0 Å². The number of benzene rings is 1. The third-order valence-corrected chi connectivity index (χ3v) is 2.17. The lowest BCUT2D eigenvalue weighted by atomic mass is 10.1. The third kappa shape index (κ3) is 2.77. The molecule has 7 heteroatoms. The van der Waals surface area contributed by atoms with Gasteiger partial charge in [0.1, 0.15) is 0 Å². The first-order valence-electron chi connectivity index (χ1n) is 4.76. The van der Waals surface area contributed by atoms with Gasteiger partial charge in [0.05, 0.1) is 11.6 Å². The SMILES string of the molecule is CC(NC(=O)c1cccc(O)c1O)/C(N)=N/O. The van der Waals surface area contributed by atoms with Crippen molar-refractivity contribution >= 4 is 11.7 Å². The standard InChI is InChI=1S/C10H13N3O4/c1-5(9(11)13-17)12-10(16)6-3-2-4-7(14)8(6)15/h2-5,14-15,17H,1H3,(H2,11,13)(H,12,16). The zero-order chi connectivity index (χ0) is 13.0. The first-order valence-corrected chi connectivity index (χ1v) is 4.76. The molecule has 17 heavy (non-hydrogen) atoms. The van der Waals surface area contributed by atoms with Gasteiger partial charge in [-0.05, 0) is 19.1 Å². The molecule has 0 radical (unpaired) electrons. The lowest BCUT2D eigenvalue weighted by molar-refractivity contribution is 0.0945. The predicted molar refractivity (Wildman–Crippen MR) is 60.1 cm³/mol. The number of nitrogens with zero attached hydrogens (tertiary/aromatic N) is 1. The van der Waals surface area contributed by atoms with Gasteiger partial charge in [0, 0.05) is 0 Å². The van der Waals surface area contributed by atoms with Crippen LogP contribution < -0.4 is 11.1 Å². The summed E-state index contributed by atoms with van der Waals surface area (Å²) in [5.74, 6) is -1.72. The van der Waals surface area contributed by atoms with Crippen LogP contribution in [0.4, 0.5) is 0 Å². The zero-order valence-electron chi connectivity index (χ0n) is 9.08. The number of phenolic OH excluding ortho intramolecular Hbond substituents is 2. The third-order valence-electron chi connectivity index (χ3n) is 2.17. The number of phenols is 2. The van der Waals surface area contributed by atoms with Crippen LogP contribution in [0, 0.1) is 0 Å². The highest BCUT2D eigenvalue weighted by molar-refractivity contribution is 6.00. The van der Waals surface area contributed by atoms with Crippen molar-refractivity contribution in [2.24, 2.45) is 10.9 Å². The summed E-state index contributed by atoms with van der Waals surface area (Å²) in [4.78, 5) is 11.7. The van der Waals surface area contributed by atoms with Crippen LogP contribution in [0.15, 0.2) is 23.4 Å². The molecule has 0 aromatic heterocycles. The molecule has 0 saturated heterocycles. The highest BCUT2D eigenvalue weighted by atomic mass is 16.4. The van der Waals surface area contributed by atoms with Crippen molar-refractivity contribution in [1.29, 1.82) is 0 Å². The molecule has 7 nitrogen and oxygen atoms in total. The van der Waals surface area contributed by atoms with E-state index in [0.717, 1.165) is 0 Å². The molecule has 1 atom stereocenters. The second kappa shape index (κ2) is 5.06. The quantitative estimate of drug-likeness (QED) is 0.166. The summed E-state index contributed by atoms with van der Waals surface area (Å²) >= 11 is 0. The Hall–Kier alpha value is -2.44. The molecule has 0 heterocycles. The largest absolute Gasteiger partial charge is 0.504 e. The van der Waals surface area contributed by atoms with Gasteiger partial charge in [0.2, 0.25) is 0 Å². The van der Waals surface area contributed by atoms with E-state index in [-0.39, 0.29) is 11.4 Å². The van der Waals surface area contributed by atoms with Crippen molar-refractivity contribution in [3.05, 3.63) is 23.8 Å². The molecular weight excluding hydrogens is 226 g/mol. The molecule has 0 bridgehead atoms. The van der Waals surface area contributed by atoms with Gasteiger partial charge in [-0.1, -0.05) is 11.2 Å². The van der Waals surface area contributed by atoms with E-state index >= 15 is 0 Å². The highest BCUT2D eigenvalue weighted by Crippen LogP contribution is 2.27. The van der Waals surface area contributed by atoms with Crippen molar-refractivity contribution in [2.45, 2.75) is 13.0 Å². The van der Waals surface area contributed by atoms with E-state index in [1.165, 1.54) is 25.1 Å². The summed E-state index contributed by atoms with van der Waals surface area (Å²) in [5.41, 5.74) is 5.19. The van der Waals surface area contributed by atoms with Crippen molar-refractivity contribution < 1.29 is 20.2 Å². The molecule has 0 saturated carbocycles. The maximum atomic E-state index is 11.7. The van der Waals surface area contributed by atoms with Gasteiger partial charge in [0.15, 0.2) is 17.3 Å². The number of oxime groups is 1. The fourth-order valence-electron chi connectivity index (χ4n) is 1.15. The number of nitrogens with two attached hydrogens (primary N) is 1. The fourth-order valence-corrected chi connectivity index (χ4v) is 1.15. The summed E-state index contributed by atoms with van der Waals surface area (Å²) in [6.45, 7) is 1.51. The van der Waals surface area contributed by atoms with Gasteiger partial charge in [-0.3, -0.25) is 4.79 Å². The molecule has 0 aliphatic carbocycles. The molecule has 0 fully saturated rings. The van der Waals surface area contributed by atoms with Gasteiger partial charge < -0.3 is 26.5 Å². The number of hydrogen-bond acceptors (Lipinski definition) is 5. The van der Waals surface area contributed by atoms with Gasteiger partial charge >= 0.3 is 0 Å². The summed E-state index contributed by atoms with van der Waals surface area (Å²) in [7, 11) is 0. The normalized spacial score (nSPS) is 13.1. The van der Waals surface area contributed by atoms with Crippen LogP contribution in [0.1, 0.15) is 17.3 Å². The van der Waals surface area contributed by atoms with Gasteiger partial charge in [-0.2, -0.15) is 0 Å². The lowest BCUT2D eigenvalue weighted by Gasteiger charge is -2.13. The van der Waals surface area contributed by atoms with Gasteiger partial charge in [0.25, 0.3) is 5.91 Å². The number of hydrogen-bond donors (Lipinski definition) is 5. The Bertz CT molecular complexity index is 459. The number of aromatic hydroxyl groups is 2. The first kappa shape index (κ1) is 12.6. The topological polar surface area (TPSA) is 128 Å². The van der Waals surface area contributed by atoms with E-state index in [1.54, 1.807) is 0 Å². The summed E-state index contributed by atoms with van der Waals surface area (Å²) < 4.78 is 0. The number of nitrogens with one attached hydrogen (secondary N) is 1. The molecule has 0 spiro atoms. The Morgan fingerprint density at radius 3 is 2.71 bits per heavy atom. The smallest absolute Gasteiger partial charge is 0.255 e. The molecule has 0 aliphatic rings. The van der Waals surface area contributed by atoms with Crippen molar-refractivity contribution in [1.82, 2.24) is 5.32 Å². The fraction of sp³-hybridized carbons (Fsp3) is 0.200. The van der Waals surface area contributed by atoms with Gasteiger partial charge in [-0.15, -0.1) is 0 Å². The van der Waals surface area contributed by atoms with Gasteiger partial charge in [-0.25, -0.2) is 0 Å². The van der Waals surface area contributed by atoms with Crippen LogP contribution in [0.5, 0.6) is 11.5 Å². The molecule has 1 unspecified atom stereocenters. The van der Waals surface area contributed by atoms with E-state index in [4.69, 9.17) is 10.9 Å². The summed E-state index contributed by atoms with van der Waals surface area (Å²) in [6.07, 6.45) is 0. The minimum absolute atomic E-state index is 0.0948. The molecule has 1 rings (SSSR count). The Balaban J connectivity index is 2.88. The van der Waals surface area contributed by atoms with E-state index < -0.39 is 23.4 Å². The minimum Gasteiger partial charge on any atom is -0.504 e. The van der Waals surface area contributed by atoms with Crippen molar-refractivity contribution in [3.63, 3.8) is 0 Å². The minimum atomic E-state index is -0.700. The molecular formula is C10H13N3O4. The number of amides is 1. The second-order valence-corrected chi connectivity index (χ2v) is 3.39. The van der Waals surface area contributed by atoms with E-state index in [0.29, 0.717) is 0 Å². The Kier molecular flexibility index (Phi) is 3.76. The Morgan fingerprint density at radius 1 is 1.47 bits per heavy atom. The van der Waals surface area contributed by atoms with E-state index in [9.17, 15) is 15.0 Å². The number of amidine groups is 1. The van der Waals surface area contributed by atoms with E-state index in [1.807, 2.05) is 0 Å². The number of carbonyl (C=O) groups excluding carboxylic acids is 1. The monoisotopic (exact) mass is 239 g/mol. The number of carbonyl (C=O) groups is 1. The van der Waals surface area contributed by atoms with Crippen LogP contribution >= 0.6 is 0 Å². The van der Waals surface area contributed by atoms with Crippen LogP contribution in [-0.4, -0.2) is 33.2 Å². The van der Waals surface area contributed by atoms with Crippen LogP contribution in [0.2, 0.25) is 0 Å². The zero-order valence-corrected chi connectivity index (χ0v) is 9.08. The van der Waals surface area contributed by atoms with Crippen molar-refractivity contribution in [2.75, 3.05) is 0 Å². The maximum absolute atomic E-state index is 11.7. The maximum Gasteiger partial charge on any atom is 0.255 e. The molecule has 0 aliphatic heterocycles. The Labute approximate surface area is 97.2 Å². The molecule has 6 N–H and O–H groups in total. The van der Waals surface area contributed by atoms with Crippen LogP contribution in [0.3, 0.4) is 0 Å². The lowest BCUT2D eigenvalue weighted by Crippen LogP contribution is -2.42. The summed E-state index contributed by atoms with van der Waals surface area (Å²) in [6, 6.07) is 3.30. The number of rotatable bonds is 3. The average molecular weight is 239 g/mol. The molecule has 1 amide bonds. The highest BCUT2D eigenvalue weighted by Gasteiger charge is 2.17. The first-order chi connectivity index (χ1) is 7.97. The molecule has 92 valence electrons. The van der Waals surface area contributed by atoms with Crippen molar-refractivity contribution in [3.8, 4) is 11.5 Å².